The second-order valence-corrected chi connectivity index (χ2v) is 3.44. The third-order valence-corrected chi connectivity index (χ3v) is 1.99. The van der Waals surface area contributed by atoms with E-state index in [1.54, 1.807) is 11.8 Å². The molecule has 0 aliphatic rings. The smallest absolute Gasteiger partial charge is 0.233 e. The van der Waals surface area contributed by atoms with Gasteiger partial charge in [0, 0.05) is 6.04 Å². The molecule has 3 N–H and O–H groups in total. The molecule has 0 rings (SSSR count). The predicted octanol–water partition coefficient (Wildman–Crippen LogP) is 0.203. The van der Waals surface area contributed by atoms with Gasteiger partial charge in [-0.1, -0.05) is 0 Å². The lowest BCUT2D eigenvalue weighted by atomic mass is 10.2. The summed E-state index contributed by atoms with van der Waals surface area (Å²) in [5, 5.41) is 2.79. The number of nitrogens with one attached hydrogen (secondary N) is 1. The standard InChI is InChI=1S/C7H16N2OS/c1-6(3-4-11-2)9-7(10)5-8/h6H,3-5,8H2,1-2H3,(H,9,10). The lowest BCUT2D eigenvalue weighted by Crippen LogP contribution is -2.37. The van der Waals surface area contributed by atoms with Crippen molar-refractivity contribution < 1.29 is 4.79 Å². The van der Waals surface area contributed by atoms with Crippen LogP contribution in [-0.4, -0.2) is 30.5 Å². The first-order valence-corrected chi connectivity index (χ1v) is 5.08. The zero-order valence-corrected chi connectivity index (χ0v) is 7.91. The summed E-state index contributed by atoms with van der Waals surface area (Å²) in [6.45, 7) is 2.08. The van der Waals surface area contributed by atoms with E-state index in [1.807, 2.05) is 6.92 Å². The zero-order chi connectivity index (χ0) is 8.69. The van der Waals surface area contributed by atoms with Gasteiger partial charge in [0.2, 0.25) is 5.91 Å². The van der Waals surface area contributed by atoms with Crippen LogP contribution in [0.25, 0.3) is 0 Å². The highest BCUT2D eigenvalue weighted by atomic mass is 32.2. The Hall–Kier alpha value is -0.220. The number of rotatable bonds is 5. The molecule has 0 radical (unpaired) electrons. The van der Waals surface area contributed by atoms with Gasteiger partial charge in [0.05, 0.1) is 6.54 Å². The summed E-state index contributed by atoms with van der Waals surface area (Å²) in [5.41, 5.74) is 5.13. The number of hydrogen-bond donors (Lipinski definition) is 2. The molecule has 0 spiro atoms. The summed E-state index contributed by atoms with van der Waals surface area (Å²) < 4.78 is 0. The molecule has 0 aromatic carbocycles. The van der Waals surface area contributed by atoms with Crippen molar-refractivity contribution in [1.82, 2.24) is 5.32 Å². The van der Waals surface area contributed by atoms with E-state index in [9.17, 15) is 4.79 Å². The van der Waals surface area contributed by atoms with Gasteiger partial charge in [0.15, 0.2) is 0 Å². The van der Waals surface area contributed by atoms with Gasteiger partial charge >= 0.3 is 0 Å². The molecule has 0 aromatic heterocycles. The van der Waals surface area contributed by atoms with E-state index in [0.717, 1.165) is 12.2 Å². The molecule has 1 amide bonds. The minimum atomic E-state index is -0.0707. The molecule has 0 bridgehead atoms. The molecule has 0 aliphatic carbocycles. The Labute approximate surface area is 72.1 Å². The van der Waals surface area contributed by atoms with Crippen LogP contribution in [0.5, 0.6) is 0 Å². The van der Waals surface area contributed by atoms with Gasteiger partial charge in [0.25, 0.3) is 0 Å². The van der Waals surface area contributed by atoms with Crippen molar-refractivity contribution in [2.45, 2.75) is 19.4 Å². The van der Waals surface area contributed by atoms with Crippen molar-refractivity contribution in [3.8, 4) is 0 Å². The van der Waals surface area contributed by atoms with E-state index in [1.165, 1.54) is 0 Å². The van der Waals surface area contributed by atoms with Crippen molar-refractivity contribution in [2.24, 2.45) is 5.73 Å². The average Bonchev–Trinajstić information content (AvgIpc) is 2.00. The third-order valence-electron chi connectivity index (χ3n) is 1.35. The van der Waals surface area contributed by atoms with Crippen LogP contribution in [0.1, 0.15) is 13.3 Å². The Balaban J connectivity index is 3.35. The maximum atomic E-state index is 10.7. The van der Waals surface area contributed by atoms with Crippen LogP contribution >= 0.6 is 11.8 Å². The molecule has 4 heteroatoms. The van der Waals surface area contributed by atoms with Crippen molar-refractivity contribution in [1.29, 1.82) is 0 Å². The highest BCUT2D eigenvalue weighted by Crippen LogP contribution is 1.98. The van der Waals surface area contributed by atoms with E-state index in [-0.39, 0.29) is 18.5 Å². The SMILES string of the molecule is CSCCC(C)NC(=O)CN. The Morgan fingerprint density at radius 2 is 2.36 bits per heavy atom. The Morgan fingerprint density at radius 1 is 1.73 bits per heavy atom. The first-order valence-electron chi connectivity index (χ1n) is 3.69. The van der Waals surface area contributed by atoms with Crippen LogP contribution in [0.15, 0.2) is 0 Å². The Morgan fingerprint density at radius 3 is 2.82 bits per heavy atom. The summed E-state index contributed by atoms with van der Waals surface area (Å²) in [5.74, 6) is 1.00. The molecule has 0 fully saturated rings. The number of amides is 1. The maximum absolute atomic E-state index is 10.7. The molecule has 3 nitrogen and oxygen atoms in total. The highest BCUT2D eigenvalue weighted by molar-refractivity contribution is 7.98. The minimum Gasteiger partial charge on any atom is -0.353 e. The van der Waals surface area contributed by atoms with Gasteiger partial charge in [-0.3, -0.25) is 4.79 Å². The zero-order valence-electron chi connectivity index (χ0n) is 7.09. The first-order chi connectivity index (χ1) is 5.20. The highest BCUT2D eigenvalue weighted by Gasteiger charge is 2.03. The number of carbonyl (C=O) groups excluding carboxylic acids is 1. The van der Waals surface area contributed by atoms with Crippen molar-refractivity contribution >= 4 is 17.7 Å². The Bertz CT molecular complexity index is 119. The van der Waals surface area contributed by atoms with E-state index in [2.05, 4.69) is 11.6 Å². The third kappa shape index (κ3) is 6.19. The predicted molar refractivity (Wildman–Crippen MR) is 49.7 cm³/mol. The van der Waals surface area contributed by atoms with Gasteiger partial charge in [-0.15, -0.1) is 0 Å². The summed E-state index contributed by atoms with van der Waals surface area (Å²) in [6.07, 6.45) is 3.06. The van der Waals surface area contributed by atoms with Crippen LogP contribution in [0.3, 0.4) is 0 Å². The molecule has 0 aromatic rings. The molecular weight excluding hydrogens is 160 g/mol. The molecule has 0 saturated carbocycles. The van der Waals surface area contributed by atoms with Crippen LogP contribution < -0.4 is 11.1 Å². The lowest BCUT2D eigenvalue weighted by Gasteiger charge is -2.11. The van der Waals surface area contributed by atoms with Crippen LogP contribution in [0, 0.1) is 0 Å². The molecule has 1 unspecified atom stereocenters. The second kappa shape index (κ2) is 6.49. The van der Waals surface area contributed by atoms with Gasteiger partial charge in [-0.25, -0.2) is 0 Å². The largest absolute Gasteiger partial charge is 0.353 e. The molecule has 66 valence electrons. The fourth-order valence-electron chi connectivity index (χ4n) is 0.701. The molecule has 11 heavy (non-hydrogen) atoms. The quantitative estimate of drug-likeness (QED) is 0.629. The summed E-state index contributed by atoms with van der Waals surface area (Å²) in [4.78, 5) is 10.7. The normalized spacial score (nSPS) is 12.6. The number of nitrogens with two attached hydrogens (primary N) is 1. The van der Waals surface area contributed by atoms with E-state index >= 15 is 0 Å². The average molecular weight is 176 g/mol. The van der Waals surface area contributed by atoms with Crippen molar-refractivity contribution in [3.63, 3.8) is 0 Å². The maximum Gasteiger partial charge on any atom is 0.233 e. The summed E-state index contributed by atoms with van der Waals surface area (Å²) >= 11 is 1.78. The van der Waals surface area contributed by atoms with Gasteiger partial charge in [-0.05, 0) is 25.4 Å². The van der Waals surface area contributed by atoms with Gasteiger partial charge in [0.1, 0.15) is 0 Å². The van der Waals surface area contributed by atoms with E-state index in [4.69, 9.17) is 5.73 Å². The van der Waals surface area contributed by atoms with E-state index in [0.29, 0.717) is 0 Å². The summed E-state index contributed by atoms with van der Waals surface area (Å²) in [6, 6.07) is 0.249. The van der Waals surface area contributed by atoms with Crippen molar-refractivity contribution in [3.05, 3.63) is 0 Å². The number of thioether (sulfide) groups is 1. The fraction of sp³-hybridized carbons (Fsp3) is 0.857. The van der Waals surface area contributed by atoms with Gasteiger partial charge in [-0.2, -0.15) is 11.8 Å². The van der Waals surface area contributed by atoms with Crippen LogP contribution in [0.2, 0.25) is 0 Å². The minimum absolute atomic E-state index is 0.0707. The number of hydrogen-bond acceptors (Lipinski definition) is 3. The molecular formula is C7H16N2OS. The topological polar surface area (TPSA) is 55.1 Å². The van der Waals surface area contributed by atoms with E-state index < -0.39 is 0 Å². The molecule has 0 saturated heterocycles. The number of carbonyl (C=O) groups is 1. The second-order valence-electron chi connectivity index (χ2n) is 2.45. The van der Waals surface area contributed by atoms with Crippen LogP contribution in [-0.2, 0) is 4.79 Å². The monoisotopic (exact) mass is 176 g/mol. The molecule has 0 heterocycles. The first kappa shape index (κ1) is 10.8. The molecule has 1 atom stereocenters. The fourth-order valence-corrected chi connectivity index (χ4v) is 1.29. The van der Waals surface area contributed by atoms with Gasteiger partial charge < -0.3 is 11.1 Å². The molecule has 0 aliphatic heterocycles. The van der Waals surface area contributed by atoms with Crippen LogP contribution in [0.4, 0.5) is 0 Å². The summed E-state index contributed by atoms with van der Waals surface area (Å²) in [7, 11) is 0. The lowest BCUT2D eigenvalue weighted by molar-refractivity contribution is -0.120. The van der Waals surface area contributed by atoms with Crippen molar-refractivity contribution in [2.75, 3.05) is 18.6 Å². The Kier molecular flexibility index (Phi) is 6.36.